The standard InChI is InChI=1S/C18H22N2O/c1-3-19-17-6-4-5-7-18(17)20-11-10-14-12-16(21-2)9-8-15(14)13-20/h4-9,12,19H,3,10-11,13H2,1-2H3. The van der Waals surface area contributed by atoms with E-state index in [1.807, 2.05) is 0 Å². The largest absolute Gasteiger partial charge is 0.497 e. The van der Waals surface area contributed by atoms with Crippen molar-refractivity contribution in [3.63, 3.8) is 0 Å². The molecule has 1 heterocycles. The van der Waals surface area contributed by atoms with Crippen LogP contribution < -0.4 is 15.0 Å². The minimum Gasteiger partial charge on any atom is -0.497 e. The number of hydrogen-bond donors (Lipinski definition) is 1. The van der Waals surface area contributed by atoms with Gasteiger partial charge in [0.2, 0.25) is 0 Å². The first kappa shape index (κ1) is 13.8. The summed E-state index contributed by atoms with van der Waals surface area (Å²) in [5, 5.41) is 3.45. The Bertz CT molecular complexity index is 624. The lowest BCUT2D eigenvalue weighted by Gasteiger charge is -2.32. The number of ether oxygens (including phenoxy) is 1. The molecule has 1 N–H and O–H groups in total. The van der Waals surface area contributed by atoms with Crippen molar-refractivity contribution in [1.29, 1.82) is 0 Å². The van der Waals surface area contributed by atoms with Gasteiger partial charge >= 0.3 is 0 Å². The summed E-state index contributed by atoms with van der Waals surface area (Å²) in [7, 11) is 1.73. The zero-order chi connectivity index (χ0) is 14.7. The Hall–Kier alpha value is -2.16. The first-order valence-electron chi connectivity index (χ1n) is 7.55. The van der Waals surface area contributed by atoms with E-state index < -0.39 is 0 Å². The predicted octanol–water partition coefficient (Wildman–Crippen LogP) is 3.69. The summed E-state index contributed by atoms with van der Waals surface area (Å²) in [6.45, 7) is 5.08. The predicted molar refractivity (Wildman–Crippen MR) is 88.4 cm³/mol. The Balaban J connectivity index is 1.86. The van der Waals surface area contributed by atoms with Crippen LogP contribution in [-0.4, -0.2) is 20.2 Å². The zero-order valence-corrected chi connectivity index (χ0v) is 12.7. The first-order valence-corrected chi connectivity index (χ1v) is 7.55. The van der Waals surface area contributed by atoms with E-state index in [0.717, 1.165) is 31.8 Å². The average Bonchev–Trinajstić information content (AvgIpc) is 2.55. The van der Waals surface area contributed by atoms with E-state index in [-0.39, 0.29) is 0 Å². The van der Waals surface area contributed by atoms with Gasteiger partial charge in [-0.15, -0.1) is 0 Å². The van der Waals surface area contributed by atoms with Gasteiger partial charge in [0.15, 0.2) is 0 Å². The molecule has 110 valence electrons. The van der Waals surface area contributed by atoms with E-state index in [0.29, 0.717) is 0 Å². The number of hydrogen-bond acceptors (Lipinski definition) is 3. The van der Waals surface area contributed by atoms with Crippen LogP contribution in [0.3, 0.4) is 0 Å². The van der Waals surface area contributed by atoms with Gasteiger partial charge in [-0.25, -0.2) is 0 Å². The second-order valence-electron chi connectivity index (χ2n) is 5.35. The van der Waals surface area contributed by atoms with E-state index in [1.54, 1.807) is 7.11 Å². The third kappa shape index (κ3) is 2.82. The maximum atomic E-state index is 5.32. The molecule has 0 aliphatic carbocycles. The molecule has 3 rings (SSSR count). The second-order valence-corrected chi connectivity index (χ2v) is 5.35. The van der Waals surface area contributed by atoms with Crippen LogP contribution in [0.25, 0.3) is 0 Å². The Kier molecular flexibility index (Phi) is 4.00. The number of rotatable bonds is 4. The molecule has 0 amide bonds. The Morgan fingerprint density at radius 1 is 1.14 bits per heavy atom. The van der Waals surface area contributed by atoms with Crippen LogP contribution in [0, 0.1) is 0 Å². The monoisotopic (exact) mass is 282 g/mol. The zero-order valence-electron chi connectivity index (χ0n) is 12.7. The first-order chi connectivity index (χ1) is 10.3. The highest BCUT2D eigenvalue weighted by atomic mass is 16.5. The Morgan fingerprint density at radius 3 is 2.81 bits per heavy atom. The molecule has 0 radical (unpaired) electrons. The van der Waals surface area contributed by atoms with Gasteiger partial charge in [-0.3, -0.25) is 0 Å². The van der Waals surface area contributed by atoms with Gasteiger partial charge in [-0.2, -0.15) is 0 Å². The van der Waals surface area contributed by atoms with Crippen LogP contribution in [0.1, 0.15) is 18.1 Å². The van der Waals surface area contributed by atoms with Crippen LogP contribution >= 0.6 is 0 Å². The van der Waals surface area contributed by atoms with Gasteiger partial charge in [-0.1, -0.05) is 18.2 Å². The molecule has 0 unspecified atom stereocenters. The fraction of sp³-hybridized carbons (Fsp3) is 0.333. The summed E-state index contributed by atoms with van der Waals surface area (Å²) < 4.78 is 5.32. The van der Waals surface area contributed by atoms with Crippen molar-refractivity contribution in [2.75, 3.05) is 30.4 Å². The molecular formula is C18H22N2O. The molecule has 0 saturated heterocycles. The number of benzene rings is 2. The topological polar surface area (TPSA) is 24.5 Å². The fourth-order valence-corrected chi connectivity index (χ4v) is 2.95. The average molecular weight is 282 g/mol. The molecule has 0 spiro atoms. The SMILES string of the molecule is CCNc1ccccc1N1CCc2cc(OC)ccc2C1. The summed E-state index contributed by atoms with van der Waals surface area (Å²) in [5.41, 5.74) is 5.32. The molecule has 0 aromatic heterocycles. The summed E-state index contributed by atoms with van der Waals surface area (Å²) >= 11 is 0. The molecule has 3 heteroatoms. The van der Waals surface area contributed by atoms with Crippen LogP contribution in [0.2, 0.25) is 0 Å². The molecule has 0 bridgehead atoms. The molecule has 1 aliphatic heterocycles. The van der Waals surface area contributed by atoms with Crippen molar-refractivity contribution in [1.82, 2.24) is 0 Å². The number of para-hydroxylation sites is 2. The van der Waals surface area contributed by atoms with Crippen molar-refractivity contribution in [2.45, 2.75) is 19.9 Å². The van der Waals surface area contributed by atoms with Crippen molar-refractivity contribution in [3.8, 4) is 5.75 Å². The molecular weight excluding hydrogens is 260 g/mol. The number of fused-ring (bicyclic) bond motifs is 1. The highest BCUT2D eigenvalue weighted by molar-refractivity contribution is 5.70. The maximum absolute atomic E-state index is 5.32. The second kappa shape index (κ2) is 6.08. The molecule has 3 nitrogen and oxygen atoms in total. The molecule has 0 atom stereocenters. The number of nitrogens with zero attached hydrogens (tertiary/aromatic N) is 1. The highest BCUT2D eigenvalue weighted by Gasteiger charge is 2.18. The van der Waals surface area contributed by atoms with Gasteiger partial charge in [0.1, 0.15) is 5.75 Å². The lowest BCUT2D eigenvalue weighted by atomic mass is 9.98. The van der Waals surface area contributed by atoms with Crippen molar-refractivity contribution in [2.24, 2.45) is 0 Å². The normalized spacial score (nSPS) is 13.7. The van der Waals surface area contributed by atoms with Crippen LogP contribution in [0.15, 0.2) is 42.5 Å². The van der Waals surface area contributed by atoms with Gasteiger partial charge < -0.3 is 15.0 Å². The quantitative estimate of drug-likeness (QED) is 0.925. The summed E-state index contributed by atoms with van der Waals surface area (Å²) in [4.78, 5) is 2.45. The van der Waals surface area contributed by atoms with E-state index in [9.17, 15) is 0 Å². The minimum atomic E-state index is 0.943. The fourth-order valence-electron chi connectivity index (χ4n) is 2.95. The molecule has 0 fully saturated rings. The number of anilines is 2. The van der Waals surface area contributed by atoms with Gasteiger partial charge in [0.25, 0.3) is 0 Å². The van der Waals surface area contributed by atoms with E-state index in [4.69, 9.17) is 4.74 Å². The molecule has 2 aromatic rings. The van der Waals surface area contributed by atoms with Crippen LogP contribution in [-0.2, 0) is 13.0 Å². The lowest BCUT2D eigenvalue weighted by molar-refractivity contribution is 0.414. The van der Waals surface area contributed by atoms with Gasteiger partial charge in [0.05, 0.1) is 18.5 Å². The molecule has 1 aliphatic rings. The summed E-state index contributed by atoms with van der Waals surface area (Å²) in [6.07, 6.45) is 1.06. The van der Waals surface area contributed by atoms with Crippen molar-refractivity contribution < 1.29 is 4.74 Å². The third-order valence-corrected chi connectivity index (χ3v) is 4.04. The minimum absolute atomic E-state index is 0.943. The van der Waals surface area contributed by atoms with E-state index in [2.05, 4.69) is 59.6 Å². The maximum Gasteiger partial charge on any atom is 0.119 e. The van der Waals surface area contributed by atoms with Crippen molar-refractivity contribution >= 4 is 11.4 Å². The van der Waals surface area contributed by atoms with Gasteiger partial charge in [0, 0.05) is 19.6 Å². The molecule has 0 saturated carbocycles. The lowest BCUT2D eigenvalue weighted by Crippen LogP contribution is -2.30. The number of nitrogens with one attached hydrogen (secondary N) is 1. The third-order valence-electron chi connectivity index (χ3n) is 4.04. The van der Waals surface area contributed by atoms with Crippen LogP contribution in [0.4, 0.5) is 11.4 Å². The van der Waals surface area contributed by atoms with Gasteiger partial charge in [-0.05, 0) is 48.7 Å². The van der Waals surface area contributed by atoms with E-state index >= 15 is 0 Å². The van der Waals surface area contributed by atoms with Crippen LogP contribution in [0.5, 0.6) is 5.75 Å². The summed E-state index contributed by atoms with van der Waals surface area (Å²) in [5.74, 6) is 0.954. The highest BCUT2D eigenvalue weighted by Crippen LogP contribution is 2.31. The van der Waals surface area contributed by atoms with Crippen molar-refractivity contribution in [3.05, 3.63) is 53.6 Å². The smallest absolute Gasteiger partial charge is 0.119 e. The van der Waals surface area contributed by atoms with E-state index in [1.165, 1.54) is 22.5 Å². The molecule has 2 aromatic carbocycles. The Labute approximate surface area is 126 Å². The Morgan fingerprint density at radius 2 is 2.00 bits per heavy atom. The number of methoxy groups -OCH3 is 1. The molecule has 21 heavy (non-hydrogen) atoms. The summed E-state index contributed by atoms with van der Waals surface area (Å²) in [6, 6.07) is 15.0.